The van der Waals surface area contributed by atoms with E-state index < -0.39 is 0 Å². The summed E-state index contributed by atoms with van der Waals surface area (Å²) in [5, 5.41) is 4.60. The Morgan fingerprint density at radius 3 is 2.56 bits per heavy atom. The summed E-state index contributed by atoms with van der Waals surface area (Å²) in [5.41, 5.74) is 3.22. The Morgan fingerprint density at radius 1 is 1.08 bits per heavy atom. The third-order valence-electron chi connectivity index (χ3n) is 3.93. The maximum absolute atomic E-state index is 12.4. The van der Waals surface area contributed by atoms with Gasteiger partial charge in [-0.2, -0.15) is 0 Å². The number of carbonyl (C=O) groups excluding carboxylic acids is 1. The van der Waals surface area contributed by atoms with Crippen LogP contribution in [-0.4, -0.2) is 21.1 Å². The van der Waals surface area contributed by atoms with Gasteiger partial charge in [-0.15, -0.1) is 0 Å². The van der Waals surface area contributed by atoms with Crippen LogP contribution in [0.4, 0.5) is 0 Å². The molecule has 0 spiro atoms. The molecular formula is C20H21N3OS. The smallest absolute Gasteiger partial charge is 0.233 e. The molecule has 3 rings (SSSR count). The minimum atomic E-state index is -0.233. The highest BCUT2D eigenvalue weighted by molar-refractivity contribution is 8.00. The maximum Gasteiger partial charge on any atom is 0.233 e. The van der Waals surface area contributed by atoms with Gasteiger partial charge in [-0.25, -0.2) is 9.97 Å². The number of aromatic nitrogens is 2. The highest BCUT2D eigenvalue weighted by Crippen LogP contribution is 2.28. The summed E-state index contributed by atoms with van der Waals surface area (Å²) in [6, 6.07) is 16.1. The molecule has 25 heavy (non-hydrogen) atoms. The molecule has 4 nitrogen and oxygen atoms in total. The lowest BCUT2D eigenvalue weighted by atomic mass is 10.1. The summed E-state index contributed by atoms with van der Waals surface area (Å²) in [6.07, 6.45) is 0. The maximum atomic E-state index is 12.4. The van der Waals surface area contributed by atoms with E-state index in [0.29, 0.717) is 12.4 Å². The zero-order valence-corrected chi connectivity index (χ0v) is 15.4. The molecule has 1 aromatic heterocycles. The van der Waals surface area contributed by atoms with Gasteiger partial charge in [0.05, 0.1) is 10.8 Å². The van der Waals surface area contributed by atoms with E-state index in [1.165, 1.54) is 17.3 Å². The fourth-order valence-corrected chi connectivity index (χ4v) is 3.52. The van der Waals surface area contributed by atoms with Crippen LogP contribution >= 0.6 is 11.8 Å². The number of carbonyl (C=O) groups is 1. The van der Waals surface area contributed by atoms with Crippen molar-refractivity contribution in [2.45, 2.75) is 37.6 Å². The Hall–Kier alpha value is -2.40. The molecule has 0 fully saturated rings. The minimum Gasteiger partial charge on any atom is -0.351 e. The predicted octanol–water partition coefficient (Wildman–Crippen LogP) is 4.04. The van der Waals surface area contributed by atoms with Gasteiger partial charge in [0.25, 0.3) is 0 Å². The first-order valence-corrected chi connectivity index (χ1v) is 9.14. The third kappa shape index (κ3) is 4.37. The van der Waals surface area contributed by atoms with Gasteiger partial charge in [-0.05, 0) is 32.4 Å². The second-order valence-electron chi connectivity index (χ2n) is 6.06. The topological polar surface area (TPSA) is 54.9 Å². The molecule has 1 atom stereocenters. The standard InChI is InChI=1S/C20H21N3OS/c1-13-8-10-16(11-9-13)12-21-19(24)14(2)25-20-17-6-4-5-7-18(17)22-15(3)23-20/h4-11,14H,12H2,1-3H3,(H,21,24). The van der Waals surface area contributed by atoms with Gasteiger partial charge in [-0.1, -0.05) is 59.8 Å². The fraction of sp³-hybridized carbons (Fsp3) is 0.250. The molecule has 128 valence electrons. The van der Waals surface area contributed by atoms with E-state index in [0.717, 1.165) is 21.5 Å². The van der Waals surface area contributed by atoms with Crippen LogP contribution in [0, 0.1) is 13.8 Å². The molecule has 0 aliphatic carbocycles. The summed E-state index contributed by atoms with van der Waals surface area (Å²) >= 11 is 1.47. The number of nitrogens with one attached hydrogen (secondary N) is 1. The van der Waals surface area contributed by atoms with Crippen molar-refractivity contribution in [3.05, 3.63) is 65.5 Å². The Labute approximate surface area is 152 Å². The number of para-hydroxylation sites is 1. The average molecular weight is 351 g/mol. The first-order valence-electron chi connectivity index (χ1n) is 8.26. The molecule has 0 bridgehead atoms. The van der Waals surface area contributed by atoms with E-state index >= 15 is 0 Å². The van der Waals surface area contributed by atoms with Crippen molar-refractivity contribution in [1.29, 1.82) is 0 Å². The molecule has 0 saturated heterocycles. The van der Waals surface area contributed by atoms with Crippen molar-refractivity contribution >= 4 is 28.6 Å². The number of rotatable bonds is 5. The Balaban J connectivity index is 1.68. The number of hydrogen-bond donors (Lipinski definition) is 1. The molecule has 0 aliphatic heterocycles. The van der Waals surface area contributed by atoms with E-state index in [4.69, 9.17) is 0 Å². The van der Waals surface area contributed by atoms with Crippen LogP contribution in [0.15, 0.2) is 53.6 Å². The summed E-state index contributed by atoms with van der Waals surface area (Å²) in [7, 11) is 0. The van der Waals surface area contributed by atoms with Crippen molar-refractivity contribution in [1.82, 2.24) is 15.3 Å². The van der Waals surface area contributed by atoms with Crippen LogP contribution in [0.25, 0.3) is 10.9 Å². The molecule has 1 heterocycles. The highest BCUT2D eigenvalue weighted by Gasteiger charge is 2.17. The van der Waals surface area contributed by atoms with Gasteiger partial charge in [0, 0.05) is 11.9 Å². The van der Waals surface area contributed by atoms with E-state index in [1.807, 2.05) is 50.2 Å². The van der Waals surface area contributed by atoms with Gasteiger partial charge in [0.2, 0.25) is 5.91 Å². The number of thioether (sulfide) groups is 1. The molecule has 3 aromatic rings. The van der Waals surface area contributed by atoms with Gasteiger partial charge >= 0.3 is 0 Å². The Morgan fingerprint density at radius 2 is 1.80 bits per heavy atom. The van der Waals surface area contributed by atoms with E-state index in [2.05, 4.69) is 34.3 Å². The lowest BCUT2D eigenvalue weighted by Gasteiger charge is -2.13. The number of aryl methyl sites for hydroxylation is 2. The summed E-state index contributed by atoms with van der Waals surface area (Å²) in [4.78, 5) is 21.4. The van der Waals surface area contributed by atoms with Crippen LogP contribution in [0.5, 0.6) is 0 Å². The number of fused-ring (bicyclic) bond motifs is 1. The molecule has 0 radical (unpaired) electrons. The monoisotopic (exact) mass is 351 g/mol. The van der Waals surface area contributed by atoms with Crippen molar-refractivity contribution in [2.75, 3.05) is 0 Å². The molecule has 1 unspecified atom stereocenters. The molecule has 5 heteroatoms. The quantitative estimate of drug-likeness (QED) is 0.557. The molecule has 0 aliphatic rings. The van der Waals surface area contributed by atoms with Gasteiger partial charge in [-0.3, -0.25) is 4.79 Å². The first-order chi connectivity index (χ1) is 12.0. The van der Waals surface area contributed by atoms with Crippen LogP contribution in [0.3, 0.4) is 0 Å². The normalized spacial score (nSPS) is 12.1. The van der Waals surface area contributed by atoms with E-state index in [-0.39, 0.29) is 11.2 Å². The Bertz CT molecular complexity index is 893. The van der Waals surface area contributed by atoms with Crippen molar-refractivity contribution in [3.63, 3.8) is 0 Å². The second-order valence-corrected chi connectivity index (χ2v) is 7.39. The van der Waals surface area contributed by atoms with Crippen LogP contribution in [-0.2, 0) is 11.3 Å². The molecular weight excluding hydrogens is 330 g/mol. The minimum absolute atomic E-state index is 0.00548. The van der Waals surface area contributed by atoms with Gasteiger partial charge in [0.15, 0.2) is 0 Å². The number of benzene rings is 2. The average Bonchev–Trinajstić information content (AvgIpc) is 2.60. The lowest BCUT2D eigenvalue weighted by Crippen LogP contribution is -2.30. The lowest BCUT2D eigenvalue weighted by molar-refractivity contribution is -0.120. The van der Waals surface area contributed by atoms with Crippen LogP contribution in [0.1, 0.15) is 23.9 Å². The van der Waals surface area contributed by atoms with Crippen LogP contribution in [0.2, 0.25) is 0 Å². The summed E-state index contributed by atoms with van der Waals surface area (Å²) in [6.45, 7) is 6.36. The molecule has 0 saturated carbocycles. The zero-order chi connectivity index (χ0) is 17.8. The van der Waals surface area contributed by atoms with Gasteiger partial charge < -0.3 is 5.32 Å². The second kappa shape index (κ2) is 7.66. The highest BCUT2D eigenvalue weighted by atomic mass is 32.2. The number of nitrogens with zero attached hydrogens (tertiary/aromatic N) is 2. The number of amides is 1. The Kier molecular flexibility index (Phi) is 5.34. The predicted molar refractivity (Wildman–Crippen MR) is 103 cm³/mol. The van der Waals surface area contributed by atoms with E-state index in [9.17, 15) is 4.79 Å². The van der Waals surface area contributed by atoms with Crippen LogP contribution < -0.4 is 5.32 Å². The largest absolute Gasteiger partial charge is 0.351 e. The van der Waals surface area contributed by atoms with Crippen molar-refractivity contribution in [3.8, 4) is 0 Å². The molecule has 2 aromatic carbocycles. The zero-order valence-electron chi connectivity index (χ0n) is 14.6. The van der Waals surface area contributed by atoms with E-state index in [1.54, 1.807) is 0 Å². The molecule has 1 amide bonds. The first kappa shape index (κ1) is 17.4. The number of hydrogen-bond acceptors (Lipinski definition) is 4. The van der Waals surface area contributed by atoms with Gasteiger partial charge in [0.1, 0.15) is 10.9 Å². The SMILES string of the molecule is Cc1ccc(CNC(=O)C(C)Sc2nc(C)nc3ccccc23)cc1. The van der Waals surface area contributed by atoms with Crippen molar-refractivity contribution in [2.24, 2.45) is 0 Å². The van der Waals surface area contributed by atoms with Crippen molar-refractivity contribution < 1.29 is 4.79 Å². The fourth-order valence-electron chi connectivity index (χ4n) is 2.51. The summed E-state index contributed by atoms with van der Waals surface area (Å²) < 4.78 is 0. The third-order valence-corrected chi connectivity index (χ3v) is 5.03. The molecule has 1 N–H and O–H groups in total. The summed E-state index contributed by atoms with van der Waals surface area (Å²) in [5.74, 6) is 0.722.